The molecule has 0 amide bonds. The van der Waals surface area contributed by atoms with Crippen molar-refractivity contribution in [3.63, 3.8) is 0 Å². The lowest BCUT2D eigenvalue weighted by Gasteiger charge is -2.26. The monoisotopic (exact) mass is 203 g/mol. The van der Waals surface area contributed by atoms with Gasteiger partial charge >= 0.3 is 0 Å². The van der Waals surface area contributed by atoms with Crippen LogP contribution in [-0.2, 0) is 0 Å². The summed E-state index contributed by atoms with van der Waals surface area (Å²) in [5, 5.41) is 3.98. The van der Waals surface area contributed by atoms with E-state index >= 15 is 0 Å². The maximum absolute atomic E-state index is 10.5. The predicted molar refractivity (Wildman–Crippen MR) is 60.0 cm³/mol. The van der Waals surface area contributed by atoms with Crippen molar-refractivity contribution in [2.75, 3.05) is 12.1 Å². The molecule has 15 heavy (non-hydrogen) atoms. The van der Waals surface area contributed by atoms with E-state index in [1.807, 2.05) is 36.1 Å². The van der Waals surface area contributed by atoms with Gasteiger partial charge < -0.3 is 0 Å². The highest BCUT2D eigenvalue weighted by Gasteiger charge is 2.20. The van der Waals surface area contributed by atoms with Crippen LogP contribution in [0.2, 0.25) is 0 Å². The first kappa shape index (κ1) is 9.86. The molecule has 1 aliphatic heterocycles. The van der Waals surface area contributed by atoms with Crippen molar-refractivity contribution in [2.24, 2.45) is 4.99 Å². The Hall–Kier alpha value is -1.68. The van der Waals surface area contributed by atoms with Crippen molar-refractivity contribution in [1.82, 2.24) is 5.01 Å². The standard InChI is InChI=1S/C11H13N3O/c1-9-12-8-14(13(9)2)11-5-3-10(7-15)4-6-11/h3-9H,1-2H3. The van der Waals surface area contributed by atoms with E-state index in [2.05, 4.69) is 4.99 Å². The molecule has 1 atom stereocenters. The molecule has 1 unspecified atom stereocenters. The zero-order valence-corrected chi connectivity index (χ0v) is 8.79. The fraction of sp³-hybridized carbons (Fsp3) is 0.273. The Morgan fingerprint density at radius 3 is 2.47 bits per heavy atom. The number of aliphatic imine (C=N–C) groups is 1. The van der Waals surface area contributed by atoms with Gasteiger partial charge in [0, 0.05) is 12.6 Å². The van der Waals surface area contributed by atoms with Crippen molar-refractivity contribution in [3.05, 3.63) is 29.8 Å². The maximum Gasteiger partial charge on any atom is 0.150 e. The van der Waals surface area contributed by atoms with E-state index in [0.717, 1.165) is 12.0 Å². The average Bonchev–Trinajstić information content (AvgIpc) is 2.60. The lowest BCUT2D eigenvalue weighted by molar-refractivity contribution is 0.112. The molecule has 0 saturated carbocycles. The number of benzene rings is 1. The van der Waals surface area contributed by atoms with Crippen LogP contribution in [0, 0.1) is 0 Å². The number of rotatable bonds is 2. The summed E-state index contributed by atoms with van der Waals surface area (Å²) in [6, 6.07) is 7.41. The molecule has 1 aromatic carbocycles. The first-order valence-corrected chi connectivity index (χ1v) is 4.83. The third kappa shape index (κ3) is 1.76. The van der Waals surface area contributed by atoms with Crippen LogP contribution in [0.15, 0.2) is 29.3 Å². The first-order valence-electron chi connectivity index (χ1n) is 4.83. The largest absolute Gasteiger partial charge is 0.298 e. The number of carbonyl (C=O) groups excluding carboxylic acids is 1. The van der Waals surface area contributed by atoms with Crippen LogP contribution >= 0.6 is 0 Å². The SMILES string of the molecule is CC1N=CN(c2ccc(C=O)cc2)N1C. The van der Waals surface area contributed by atoms with Crippen LogP contribution in [-0.4, -0.2) is 30.8 Å². The smallest absolute Gasteiger partial charge is 0.150 e. The van der Waals surface area contributed by atoms with E-state index in [0.29, 0.717) is 5.56 Å². The van der Waals surface area contributed by atoms with Crippen LogP contribution in [0.5, 0.6) is 0 Å². The molecule has 0 N–H and O–H groups in total. The highest BCUT2D eigenvalue weighted by molar-refractivity contribution is 5.81. The fourth-order valence-electron chi connectivity index (χ4n) is 1.47. The summed E-state index contributed by atoms with van der Waals surface area (Å²) in [7, 11) is 1.98. The number of anilines is 1. The summed E-state index contributed by atoms with van der Waals surface area (Å²) < 4.78 is 0. The van der Waals surface area contributed by atoms with E-state index in [1.165, 1.54) is 0 Å². The molecule has 4 nitrogen and oxygen atoms in total. The summed E-state index contributed by atoms with van der Waals surface area (Å²) >= 11 is 0. The number of nitrogens with zero attached hydrogens (tertiary/aromatic N) is 3. The second-order valence-corrected chi connectivity index (χ2v) is 3.52. The van der Waals surface area contributed by atoms with Crippen molar-refractivity contribution < 1.29 is 4.79 Å². The molecule has 0 spiro atoms. The molecule has 0 saturated heterocycles. The van der Waals surface area contributed by atoms with Crippen molar-refractivity contribution in [1.29, 1.82) is 0 Å². The number of hydrogen-bond acceptors (Lipinski definition) is 4. The van der Waals surface area contributed by atoms with Gasteiger partial charge in [0.05, 0.1) is 5.69 Å². The Bertz CT molecular complexity index is 385. The zero-order valence-electron chi connectivity index (χ0n) is 8.79. The molecule has 1 aromatic rings. The zero-order chi connectivity index (χ0) is 10.8. The first-order chi connectivity index (χ1) is 7.22. The Morgan fingerprint density at radius 2 is 2.00 bits per heavy atom. The summed E-state index contributed by atoms with van der Waals surface area (Å²) in [4.78, 5) is 14.8. The van der Waals surface area contributed by atoms with Crippen molar-refractivity contribution >= 4 is 18.3 Å². The number of hydrogen-bond donors (Lipinski definition) is 0. The Morgan fingerprint density at radius 1 is 1.33 bits per heavy atom. The highest BCUT2D eigenvalue weighted by atomic mass is 16.1. The van der Waals surface area contributed by atoms with Gasteiger partial charge in [0.25, 0.3) is 0 Å². The molecule has 0 fully saturated rings. The van der Waals surface area contributed by atoms with Crippen LogP contribution in [0.25, 0.3) is 0 Å². The van der Waals surface area contributed by atoms with E-state index < -0.39 is 0 Å². The van der Waals surface area contributed by atoms with Gasteiger partial charge in [0.1, 0.15) is 18.8 Å². The Kier molecular flexibility index (Phi) is 2.51. The van der Waals surface area contributed by atoms with Crippen LogP contribution < -0.4 is 5.01 Å². The molecule has 0 aliphatic carbocycles. The minimum Gasteiger partial charge on any atom is -0.298 e. The summed E-state index contributed by atoms with van der Waals surface area (Å²) in [6.45, 7) is 2.02. The summed E-state index contributed by atoms with van der Waals surface area (Å²) in [5.41, 5.74) is 1.70. The number of carbonyl (C=O) groups is 1. The molecule has 0 bridgehead atoms. The fourth-order valence-corrected chi connectivity index (χ4v) is 1.47. The van der Waals surface area contributed by atoms with E-state index in [4.69, 9.17) is 0 Å². The normalized spacial score (nSPS) is 20.9. The maximum atomic E-state index is 10.5. The van der Waals surface area contributed by atoms with Crippen molar-refractivity contribution in [2.45, 2.75) is 13.1 Å². The van der Waals surface area contributed by atoms with Gasteiger partial charge in [-0.3, -0.25) is 14.8 Å². The molecule has 0 radical (unpaired) electrons. The minimum absolute atomic E-state index is 0.163. The Balaban J connectivity index is 2.23. The third-order valence-corrected chi connectivity index (χ3v) is 2.57. The van der Waals surface area contributed by atoms with Gasteiger partial charge in [0.2, 0.25) is 0 Å². The van der Waals surface area contributed by atoms with E-state index in [-0.39, 0.29) is 6.17 Å². The minimum atomic E-state index is 0.163. The van der Waals surface area contributed by atoms with Crippen LogP contribution in [0.4, 0.5) is 5.69 Å². The molecule has 4 heteroatoms. The molecule has 1 aliphatic rings. The highest BCUT2D eigenvalue weighted by Crippen LogP contribution is 2.19. The second-order valence-electron chi connectivity index (χ2n) is 3.52. The molecular formula is C11H13N3O. The molecule has 78 valence electrons. The van der Waals surface area contributed by atoms with Gasteiger partial charge in [-0.1, -0.05) is 0 Å². The molecule has 0 aromatic heterocycles. The van der Waals surface area contributed by atoms with Crippen LogP contribution in [0.1, 0.15) is 17.3 Å². The summed E-state index contributed by atoms with van der Waals surface area (Å²) in [6.07, 6.45) is 2.80. The summed E-state index contributed by atoms with van der Waals surface area (Å²) in [5.74, 6) is 0. The second kappa shape index (κ2) is 3.82. The quantitative estimate of drug-likeness (QED) is 0.684. The lowest BCUT2D eigenvalue weighted by atomic mass is 10.2. The van der Waals surface area contributed by atoms with Crippen molar-refractivity contribution in [3.8, 4) is 0 Å². The number of hydrazine groups is 1. The lowest BCUT2D eigenvalue weighted by Crippen LogP contribution is -2.37. The van der Waals surface area contributed by atoms with Gasteiger partial charge in [-0.25, -0.2) is 0 Å². The van der Waals surface area contributed by atoms with Gasteiger partial charge in [0.15, 0.2) is 0 Å². The van der Waals surface area contributed by atoms with Gasteiger partial charge in [-0.2, -0.15) is 5.01 Å². The Labute approximate surface area is 88.8 Å². The van der Waals surface area contributed by atoms with Crippen LogP contribution in [0.3, 0.4) is 0 Å². The number of aldehydes is 1. The average molecular weight is 203 g/mol. The third-order valence-electron chi connectivity index (χ3n) is 2.57. The molecule has 2 rings (SSSR count). The van der Waals surface area contributed by atoms with Gasteiger partial charge in [-0.15, -0.1) is 0 Å². The van der Waals surface area contributed by atoms with Gasteiger partial charge in [-0.05, 0) is 31.2 Å². The molecule has 1 heterocycles. The molecular weight excluding hydrogens is 190 g/mol. The van der Waals surface area contributed by atoms with E-state index in [9.17, 15) is 4.79 Å². The topological polar surface area (TPSA) is 35.9 Å². The van der Waals surface area contributed by atoms with E-state index in [1.54, 1.807) is 18.5 Å². The predicted octanol–water partition coefficient (Wildman–Crippen LogP) is 1.54.